The first kappa shape index (κ1) is 24.9. The number of hydrogen-bond donors (Lipinski definition) is 0. The highest BCUT2D eigenvalue weighted by molar-refractivity contribution is 5.78. The summed E-state index contributed by atoms with van der Waals surface area (Å²) < 4.78 is 0. The van der Waals surface area contributed by atoms with Gasteiger partial charge in [0.1, 0.15) is 5.78 Å². The summed E-state index contributed by atoms with van der Waals surface area (Å²) in [5.41, 5.74) is 0. The minimum Gasteiger partial charge on any atom is -0.300 e. The summed E-state index contributed by atoms with van der Waals surface area (Å²) in [6.07, 6.45) is 30.0. The average Bonchev–Trinajstić information content (AvgIpc) is 2.75. The lowest BCUT2D eigenvalue weighted by molar-refractivity contribution is -0.122. The highest BCUT2D eigenvalue weighted by Crippen LogP contribution is 2.42. The van der Waals surface area contributed by atoms with E-state index >= 15 is 0 Å². The molecule has 0 radical (unpaired) electrons. The Labute approximate surface area is 183 Å². The van der Waals surface area contributed by atoms with Gasteiger partial charge in [-0.3, -0.25) is 4.79 Å². The Balaban J connectivity index is 1.39. The fourth-order valence-electron chi connectivity index (χ4n) is 6.22. The third kappa shape index (κ3) is 10.5. The van der Waals surface area contributed by atoms with Crippen molar-refractivity contribution in [1.82, 2.24) is 0 Å². The molecule has 0 N–H and O–H groups in total. The Morgan fingerprint density at radius 3 is 1.45 bits per heavy atom. The number of rotatable bonds is 15. The standard InChI is InChI=1S/C28H52O/c1-3-4-5-6-7-8-9-10-11-12-13-14-15-25-16-18-27(19-17-25)28-22-20-26(21-23-28)24(2)29/h25-28H,3-23H2,1-2H3. The number of carbonyl (C=O) groups is 1. The lowest BCUT2D eigenvalue weighted by atomic mass is 9.68. The predicted molar refractivity (Wildman–Crippen MR) is 127 cm³/mol. The lowest BCUT2D eigenvalue weighted by Gasteiger charge is -2.37. The Bertz CT molecular complexity index is 399. The molecule has 0 heterocycles. The van der Waals surface area contributed by atoms with Crippen molar-refractivity contribution >= 4 is 5.78 Å². The van der Waals surface area contributed by atoms with Gasteiger partial charge in [0.2, 0.25) is 0 Å². The summed E-state index contributed by atoms with van der Waals surface area (Å²) in [5.74, 6) is 3.80. The second-order valence-corrected chi connectivity index (χ2v) is 10.7. The van der Waals surface area contributed by atoms with E-state index in [2.05, 4.69) is 6.92 Å². The van der Waals surface area contributed by atoms with E-state index in [0.29, 0.717) is 11.7 Å². The molecule has 1 nitrogen and oxygen atoms in total. The SMILES string of the molecule is CCCCCCCCCCCCCCC1CCC(C2CCC(C(C)=O)CC2)CC1. The molecule has 2 rings (SSSR count). The lowest BCUT2D eigenvalue weighted by Crippen LogP contribution is -2.27. The smallest absolute Gasteiger partial charge is 0.132 e. The van der Waals surface area contributed by atoms with Gasteiger partial charge in [0, 0.05) is 5.92 Å². The zero-order valence-corrected chi connectivity index (χ0v) is 20.1. The van der Waals surface area contributed by atoms with Crippen molar-refractivity contribution in [1.29, 1.82) is 0 Å². The summed E-state index contributed by atoms with van der Waals surface area (Å²) in [6.45, 7) is 4.10. The topological polar surface area (TPSA) is 17.1 Å². The van der Waals surface area contributed by atoms with Crippen LogP contribution in [-0.2, 0) is 4.79 Å². The van der Waals surface area contributed by atoms with Gasteiger partial charge in [-0.05, 0) is 63.2 Å². The van der Waals surface area contributed by atoms with Gasteiger partial charge in [0.25, 0.3) is 0 Å². The van der Waals surface area contributed by atoms with Gasteiger partial charge in [0.05, 0.1) is 0 Å². The molecule has 0 atom stereocenters. The maximum Gasteiger partial charge on any atom is 0.132 e. The van der Waals surface area contributed by atoms with Crippen molar-refractivity contribution in [3.05, 3.63) is 0 Å². The number of unbranched alkanes of at least 4 members (excludes halogenated alkanes) is 11. The highest BCUT2D eigenvalue weighted by Gasteiger charge is 2.31. The molecule has 0 aromatic carbocycles. The molecule has 0 bridgehead atoms. The molecule has 0 amide bonds. The van der Waals surface area contributed by atoms with Crippen LogP contribution in [0.5, 0.6) is 0 Å². The first-order chi connectivity index (χ1) is 14.2. The van der Waals surface area contributed by atoms with Crippen LogP contribution in [0.25, 0.3) is 0 Å². The van der Waals surface area contributed by atoms with E-state index in [1.165, 1.54) is 135 Å². The van der Waals surface area contributed by atoms with Crippen LogP contribution in [0.3, 0.4) is 0 Å². The second kappa shape index (κ2) is 15.5. The van der Waals surface area contributed by atoms with Crippen LogP contribution in [0.1, 0.15) is 149 Å². The third-order valence-corrected chi connectivity index (χ3v) is 8.37. The molecule has 170 valence electrons. The summed E-state index contributed by atoms with van der Waals surface area (Å²) in [7, 11) is 0. The number of Topliss-reactive ketones (excluding diaryl/α,β-unsaturated/α-hetero) is 1. The van der Waals surface area contributed by atoms with Crippen LogP contribution in [0.15, 0.2) is 0 Å². The molecule has 1 heteroatoms. The number of ketones is 1. The molecule has 2 saturated carbocycles. The summed E-state index contributed by atoms with van der Waals surface area (Å²) >= 11 is 0. The average molecular weight is 405 g/mol. The molecule has 29 heavy (non-hydrogen) atoms. The fourth-order valence-corrected chi connectivity index (χ4v) is 6.22. The first-order valence-electron chi connectivity index (χ1n) is 13.7. The van der Waals surface area contributed by atoms with E-state index < -0.39 is 0 Å². The van der Waals surface area contributed by atoms with Gasteiger partial charge in [0.15, 0.2) is 0 Å². The highest BCUT2D eigenvalue weighted by atomic mass is 16.1. The van der Waals surface area contributed by atoms with Crippen molar-refractivity contribution in [3.63, 3.8) is 0 Å². The van der Waals surface area contributed by atoms with Crippen LogP contribution in [0.4, 0.5) is 0 Å². The van der Waals surface area contributed by atoms with Crippen LogP contribution < -0.4 is 0 Å². The normalized spacial score (nSPS) is 27.8. The van der Waals surface area contributed by atoms with Crippen LogP contribution in [-0.4, -0.2) is 5.78 Å². The molecule has 2 fully saturated rings. The van der Waals surface area contributed by atoms with E-state index in [0.717, 1.165) is 17.8 Å². The van der Waals surface area contributed by atoms with Crippen molar-refractivity contribution in [2.24, 2.45) is 23.7 Å². The molecule has 2 aliphatic carbocycles. The molecular formula is C28H52O. The van der Waals surface area contributed by atoms with E-state index in [1.807, 2.05) is 0 Å². The Morgan fingerprint density at radius 1 is 0.586 bits per heavy atom. The van der Waals surface area contributed by atoms with E-state index in [9.17, 15) is 4.79 Å². The van der Waals surface area contributed by atoms with Crippen molar-refractivity contribution in [3.8, 4) is 0 Å². The Morgan fingerprint density at radius 2 is 1.00 bits per heavy atom. The van der Waals surface area contributed by atoms with E-state index in [1.54, 1.807) is 6.92 Å². The minimum atomic E-state index is 0.397. The molecule has 0 spiro atoms. The largest absolute Gasteiger partial charge is 0.300 e. The van der Waals surface area contributed by atoms with Gasteiger partial charge in [-0.15, -0.1) is 0 Å². The zero-order valence-electron chi connectivity index (χ0n) is 20.1. The van der Waals surface area contributed by atoms with Gasteiger partial charge >= 0.3 is 0 Å². The van der Waals surface area contributed by atoms with Gasteiger partial charge in [-0.1, -0.05) is 103 Å². The van der Waals surface area contributed by atoms with Crippen molar-refractivity contribution < 1.29 is 4.79 Å². The zero-order chi connectivity index (χ0) is 20.7. The van der Waals surface area contributed by atoms with Gasteiger partial charge < -0.3 is 0 Å². The minimum absolute atomic E-state index is 0.397. The molecule has 0 saturated heterocycles. The van der Waals surface area contributed by atoms with E-state index in [4.69, 9.17) is 0 Å². The summed E-state index contributed by atoms with van der Waals surface area (Å²) in [6, 6.07) is 0. The van der Waals surface area contributed by atoms with Crippen LogP contribution >= 0.6 is 0 Å². The number of carbonyl (C=O) groups excluding carboxylic acids is 1. The number of hydrogen-bond acceptors (Lipinski definition) is 1. The molecule has 0 aliphatic heterocycles. The van der Waals surface area contributed by atoms with E-state index in [-0.39, 0.29) is 0 Å². The molecule has 2 aliphatic rings. The molecule has 0 aromatic rings. The Kier molecular flexibility index (Phi) is 13.3. The fraction of sp³-hybridized carbons (Fsp3) is 0.964. The summed E-state index contributed by atoms with van der Waals surface area (Å²) in [4.78, 5) is 11.6. The van der Waals surface area contributed by atoms with Gasteiger partial charge in [-0.25, -0.2) is 0 Å². The Hall–Kier alpha value is -0.330. The first-order valence-corrected chi connectivity index (χ1v) is 13.7. The van der Waals surface area contributed by atoms with Gasteiger partial charge in [-0.2, -0.15) is 0 Å². The monoisotopic (exact) mass is 404 g/mol. The van der Waals surface area contributed by atoms with Crippen molar-refractivity contribution in [2.75, 3.05) is 0 Å². The van der Waals surface area contributed by atoms with Crippen molar-refractivity contribution in [2.45, 2.75) is 149 Å². The quantitative estimate of drug-likeness (QED) is 0.248. The molecule has 0 aromatic heterocycles. The van der Waals surface area contributed by atoms with Crippen LogP contribution in [0, 0.1) is 23.7 Å². The molecule has 0 unspecified atom stereocenters. The third-order valence-electron chi connectivity index (χ3n) is 8.37. The summed E-state index contributed by atoms with van der Waals surface area (Å²) in [5, 5.41) is 0. The maximum absolute atomic E-state index is 11.6. The predicted octanol–water partition coefficient (Wildman–Crippen LogP) is 9.28. The van der Waals surface area contributed by atoms with Crippen LogP contribution in [0.2, 0.25) is 0 Å². The maximum atomic E-state index is 11.6. The molecular weight excluding hydrogens is 352 g/mol. The second-order valence-electron chi connectivity index (χ2n) is 10.7.